The van der Waals surface area contributed by atoms with Gasteiger partial charge in [0.1, 0.15) is 6.04 Å². The van der Waals surface area contributed by atoms with Gasteiger partial charge >= 0.3 is 6.18 Å². The molecular weight excluding hydrogens is 499 g/mol. The molecule has 0 spiro atoms. The van der Waals surface area contributed by atoms with Crippen LogP contribution in [-0.2, 0) is 27.2 Å². The molecule has 3 N–H and O–H groups in total. The Morgan fingerprint density at radius 3 is 2.63 bits per heavy atom. The first-order valence-electron chi connectivity index (χ1n) is 11.0. The summed E-state index contributed by atoms with van der Waals surface area (Å²) in [6.45, 7) is 0.262. The number of aromatic amines is 1. The van der Waals surface area contributed by atoms with Crippen LogP contribution in [0.3, 0.4) is 0 Å². The van der Waals surface area contributed by atoms with E-state index < -0.39 is 29.7 Å². The highest BCUT2D eigenvalue weighted by atomic mass is 32.2. The summed E-state index contributed by atoms with van der Waals surface area (Å²) < 4.78 is 37.1. The van der Waals surface area contributed by atoms with Crippen LogP contribution in [-0.4, -0.2) is 57.8 Å². The molecule has 2 aromatic heterocycles. The van der Waals surface area contributed by atoms with Crippen molar-refractivity contribution in [2.75, 3.05) is 18.1 Å². The number of carbonyl (C=O) groups excluding carboxylic acids is 3. The first-order valence-corrected chi connectivity index (χ1v) is 13.1. The van der Waals surface area contributed by atoms with Crippen LogP contribution in [0.15, 0.2) is 47.3 Å². The third kappa shape index (κ3) is 7.60. The number of halogens is 3. The fraction of sp³-hybridized carbons (Fsp3) is 0.375. The quantitative estimate of drug-likeness (QED) is 0.325. The van der Waals surface area contributed by atoms with E-state index in [0.29, 0.717) is 12.8 Å². The number of carbonyl (C=O) groups is 3. The molecule has 0 saturated carbocycles. The van der Waals surface area contributed by atoms with Gasteiger partial charge < -0.3 is 15.6 Å². The number of aromatic nitrogens is 1. The van der Waals surface area contributed by atoms with Crippen molar-refractivity contribution in [3.63, 3.8) is 0 Å². The van der Waals surface area contributed by atoms with Gasteiger partial charge in [-0.05, 0) is 59.0 Å². The van der Waals surface area contributed by atoms with E-state index in [0.717, 1.165) is 33.8 Å². The summed E-state index contributed by atoms with van der Waals surface area (Å²) in [7, 11) is 0. The number of Topliss-reactive ketones (excluding diaryl/α,β-unsaturated/α-hetero) is 1. The molecule has 1 atom stereocenters. The molecule has 0 aliphatic carbocycles. The number of primary amides is 1. The second-order valence-electron chi connectivity index (χ2n) is 8.04. The number of H-pyrrole nitrogens is 1. The van der Waals surface area contributed by atoms with E-state index in [1.807, 2.05) is 47.3 Å². The number of para-hydroxylation sites is 1. The van der Waals surface area contributed by atoms with Crippen molar-refractivity contribution in [3.05, 3.63) is 58.4 Å². The lowest BCUT2D eigenvalue weighted by Crippen LogP contribution is -2.49. The standard InChI is InChI=1S/C24H26F3N3O3S2/c25-24(26,27)21(31)15-34-10-3-6-20(23(28)33)30(22(32)12-16-8-11-35-14-16)9-7-17-13-29-19-5-2-1-4-18(17)19/h1-2,4-5,8,11,13-14,20,29H,3,6-7,9-10,12,15H2,(H2,28,33)/t20-/m0/s1. The van der Waals surface area contributed by atoms with E-state index in [1.54, 1.807) is 0 Å². The van der Waals surface area contributed by atoms with Crippen molar-refractivity contribution in [1.29, 1.82) is 0 Å². The van der Waals surface area contributed by atoms with E-state index in [4.69, 9.17) is 5.73 Å². The fourth-order valence-electron chi connectivity index (χ4n) is 3.78. The van der Waals surface area contributed by atoms with E-state index in [-0.39, 0.29) is 31.0 Å². The average Bonchev–Trinajstić information content (AvgIpc) is 3.46. The number of hydrogen-bond donors (Lipinski definition) is 2. The molecule has 35 heavy (non-hydrogen) atoms. The maximum Gasteiger partial charge on any atom is 0.450 e. The summed E-state index contributed by atoms with van der Waals surface area (Å²) in [5.74, 6) is -3.14. The number of hydrogen-bond acceptors (Lipinski definition) is 5. The highest BCUT2D eigenvalue weighted by Gasteiger charge is 2.37. The van der Waals surface area contributed by atoms with Crippen molar-refractivity contribution in [2.45, 2.75) is 37.9 Å². The van der Waals surface area contributed by atoms with Gasteiger partial charge in [-0.2, -0.15) is 36.3 Å². The zero-order chi connectivity index (χ0) is 25.4. The molecule has 0 bridgehead atoms. The number of thiophene rings is 1. The van der Waals surface area contributed by atoms with Crippen LogP contribution >= 0.6 is 23.1 Å². The predicted octanol–water partition coefficient (Wildman–Crippen LogP) is 4.34. The fourth-order valence-corrected chi connectivity index (χ4v) is 5.31. The third-order valence-corrected chi connectivity index (χ3v) is 7.35. The molecule has 0 unspecified atom stereocenters. The summed E-state index contributed by atoms with van der Waals surface area (Å²) in [4.78, 5) is 41.3. The second kappa shape index (κ2) is 12.3. The number of nitrogens with zero attached hydrogens (tertiary/aromatic N) is 1. The van der Waals surface area contributed by atoms with Crippen LogP contribution in [0.25, 0.3) is 10.9 Å². The summed E-state index contributed by atoms with van der Waals surface area (Å²) >= 11 is 2.32. The Labute approximate surface area is 209 Å². The highest BCUT2D eigenvalue weighted by Crippen LogP contribution is 2.22. The van der Waals surface area contributed by atoms with Gasteiger partial charge in [0.05, 0.1) is 12.2 Å². The molecule has 0 saturated heterocycles. The van der Waals surface area contributed by atoms with Gasteiger partial charge in [-0.3, -0.25) is 14.4 Å². The molecule has 0 fully saturated rings. The maximum atomic E-state index is 13.2. The summed E-state index contributed by atoms with van der Waals surface area (Å²) in [5.41, 5.74) is 8.46. The van der Waals surface area contributed by atoms with Crippen molar-refractivity contribution in [2.24, 2.45) is 5.73 Å². The average molecular weight is 526 g/mol. The maximum absolute atomic E-state index is 13.2. The Hall–Kier alpha value is -2.79. The first-order chi connectivity index (χ1) is 16.7. The smallest absolute Gasteiger partial charge is 0.368 e. The van der Waals surface area contributed by atoms with Gasteiger partial charge in [0.25, 0.3) is 0 Å². The molecule has 11 heteroatoms. The van der Waals surface area contributed by atoms with Gasteiger partial charge in [0.2, 0.25) is 17.6 Å². The minimum absolute atomic E-state index is 0.121. The van der Waals surface area contributed by atoms with Crippen LogP contribution in [0.5, 0.6) is 0 Å². The molecule has 2 amide bonds. The van der Waals surface area contributed by atoms with Gasteiger partial charge in [-0.1, -0.05) is 18.2 Å². The number of fused-ring (bicyclic) bond motifs is 1. The summed E-state index contributed by atoms with van der Waals surface area (Å²) in [6.07, 6.45) is -1.83. The molecule has 0 aliphatic rings. The highest BCUT2D eigenvalue weighted by molar-refractivity contribution is 7.99. The predicted molar refractivity (Wildman–Crippen MR) is 132 cm³/mol. The normalized spacial score (nSPS) is 12.5. The summed E-state index contributed by atoms with van der Waals surface area (Å²) in [5, 5.41) is 4.76. The lowest BCUT2D eigenvalue weighted by molar-refractivity contribution is -0.167. The van der Waals surface area contributed by atoms with E-state index in [2.05, 4.69) is 4.98 Å². The molecule has 1 aromatic carbocycles. The number of nitrogens with two attached hydrogens (primary N) is 1. The first kappa shape index (κ1) is 26.8. The van der Waals surface area contributed by atoms with Crippen molar-refractivity contribution >= 4 is 51.6 Å². The number of amides is 2. The van der Waals surface area contributed by atoms with Gasteiger partial charge in [0, 0.05) is 23.6 Å². The molecule has 3 rings (SSSR count). The molecule has 0 aliphatic heterocycles. The second-order valence-corrected chi connectivity index (χ2v) is 9.92. The van der Waals surface area contributed by atoms with E-state index in [9.17, 15) is 27.6 Å². The number of alkyl halides is 3. The Morgan fingerprint density at radius 1 is 1.17 bits per heavy atom. The monoisotopic (exact) mass is 525 g/mol. The Morgan fingerprint density at radius 2 is 1.94 bits per heavy atom. The Kier molecular flexibility index (Phi) is 9.39. The SMILES string of the molecule is NC(=O)[C@H](CCCSCC(=O)C(F)(F)F)N(CCc1c[nH]c2ccccc12)C(=O)Cc1ccsc1. The van der Waals surface area contributed by atoms with Crippen molar-refractivity contribution < 1.29 is 27.6 Å². The number of benzene rings is 1. The van der Waals surface area contributed by atoms with Crippen LogP contribution in [0.2, 0.25) is 0 Å². The van der Waals surface area contributed by atoms with Crippen LogP contribution in [0.4, 0.5) is 13.2 Å². The minimum Gasteiger partial charge on any atom is -0.368 e. The molecule has 6 nitrogen and oxygen atoms in total. The van der Waals surface area contributed by atoms with Gasteiger partial charge in [0.15, 0.2) is 0 Å². The third-order valence-electron chi connectivity index (χ3n) is 5.57. The number of thioether (sulfide) groups is 1. The molecular formula is C24H26F3N3O3S2. The van der Waals surface area contributed by atoms with Crippen molar-refractivity contribution in [3.8, 4) is 0 Å². The van der Waals surface area contributed by atoms with Crippen LogP contribution < -0.4 is 5.73 Å². The number of nitrogens with one attached hydrogen (secondary N) is 1. The van der Waals surface area contributed by atoms with Gasteiger partial charge in [-0.25, -0.2) is 0 Å². The molecule has 0 radical (unpaired) electrons. The minimum atomic E-state index is -4.85. The summed E-state index contributed by atoms with van der Waals surface area (Å²) in [6, 6.07) is 8.71. The Bertz CT molecular complexity index is 1150. The lowest BCUT2D eigenvalue weighted by atomic mass is 10.1. The topological polar surface area (TPSA) is 96.3 Å². The van der Waals surface area contributed by atoms with E-state index in [1.165, 1.54) is 16.2 Å². The largest absolute Gasteiger partial charge is 0.450 e. The van der Waals surface area contributed by atoms with Gasteiger partial charge in [-0.15, -0.1) is 0 Å². The Balaban J connectivity index is 1.67. The molecule has 2 heterocycles. The number of ketones is 1. The number of rotatable bonds is 13. The molecule has 188 valence electrons. The zero-order valence-electron chi connectivity index (χ0n) is 18.8. The van der Waals surface area contributed by atoms with Crippen LogP contribution in [0, 0.1) is 0 Å². The zero-order valence-corrected chi connectivity index (χ0v) is 20.5. The lowest BCUT2D eigenvalue weighted by Gasteiger charge is -2.30. The van der Waals surface area contributed by atoms with Crippen LogP contribution in [0.1, 0.15) is 24.0 Å². The van der Waals surface area contributed by atoms with E-state index >= 15 is 0 Å². The molecule has 3 aromatic rings. The van der Waals surface area contributed by atoms with Crippen molar-refractivity contribution in [1.82, 2.24) is 9.88 Å².